The Kier molecular flexibility index (Phi) is 4.84. The molecular weight excluding hydrogens is 296 g/mol. The van der Waals surface area contributed by atoms with Crippen LogP contribution in [0.1, 0.15) is 23.2 Å². The quantitative estimate of drug-likeness (QED) is 0.624. The smallest absolute Gasteiger partial charge is 0.300 e. The molecule has 1 aromatic rings. The van der Waals surface area contributed by atoms with Gasteiger partial charge in [0.1, 0.15) is 17.6 Å². The molecule has 0 aromatic carbocycles. The highest BCUT2D eigenvalue weighted by Crippen LogP contribution is 2.21. The lowest BCUT2D eigenvalue weighted by molar-refractivity contribution is -0.385. The molecule has 0 bridgehead atoms. The summed E-state index contributed by atoms with van der Waals surface area (Å²) >= 11 is 0. The Morgan fingerprint density at radius 3 is 2.71 bits per heavy atom. The average molecular weight is 312 g/mol. The Hall–Kier alpha value is -2.03. The summed E-state index contributed by atoms with van der Waals surface area (Å²) < 4.78 is 11.3. The number of nitro groups is 1. The Bertz CT molecular complexity index is 583. The second kappa shape index (κ2) is 6.61. The first-order valence-electron chi connectivity index (χ1n) is 6.49. The van der Waals surface area contributed by atoms with Crippen molar-refractivity contribution in [2.75, 3.05) is 23.9 Å². The lowest BCUT2D eigenvalue weighted by atomic mass is 10.1. The topological polar surface area (TPSA) is 114 Å². The first-order valence-corrected chi connectivity index (χ1v) is 7.98. The SMILES string of the molecule is CNc1cc(C(=O)NC2CCS(=O)CC2)c([N+](=O)[O-])cn1. The number of hydrogen-bond acceptors (Lipinski definition) is 6. The summed E-state index contributed by atoms with van der Waals surface area (Å²) in [6.45, 7) is 0. The molecule has 1 aromatic heterocycles. The molecule has 1 fully saturated rings. The molecule has 1 amide bonds. The fraction of sp³-hybridized carbons (Fsp3) is 0.500. The number of pyridine rings is 1. The molecule has 21 heavy (non-hydrogen) atoms. The normalized spacial score (nSPS) is 21.6. The Morgan fingerprint density at radius 2 is 2.14 bits per heavy atom. The van der Waals surface area contributed by atoms with E-state index in [4.69, 9.17) is 0 Å². The predicted molar refractivity (Wildman–Crippen MR) is 78.8 cm³/mol. The molecule has 0 unspecified atom stereocenters. The maximum Gasteiger partial charge on any atom is 0.300 e. The second-order valence-electron chi connectivity index (χ2n) is 4.69. The van der Waals surface area contributed by atoms with Gasteiger partial charge in [-0.1, -0.05) is 0 Å². The van der Waals surface area contributed by atoms with Gasteiger partial charge < -0.3 is 10.6 Å². The predicted octanol–water partition coefficient (Wildman–Crippen LogP) is 0.672. The van der Waals surface area contributed by atoms with Gasteiger partial charge in [-0.25, -0.2) is 4.98 Å². The van der Waals surface area contributed by atoms with Crippen LogP contribution in [0, 0.1) is 10.1 Å². The Balaban J connectivity index is 2.17. The second-order valence-corrected chi connectivity index (χ2v) is 6.39. The molecule has 0 spiro atoms. The molecule has 1 aliphatic heterocycles. The molecular formula is C12H16N4O4S. The van der Waals surface area contributed by atoms with Crippen molar-refractivity contribution in [2.24, 2.45) is 0 Å². The monoisotopic (exact) mass is 312 g/mol. The van der Waals surface area contributed by atoms with E-state index in [1.165, 1.54) is 6.07 Å². The Morgan fingerprint density at radius 1 is 1.48 bits per heavy atom. The van der Waals surface area contributed by atoms with Crippen LogP contribution in [-0.4, -0.2) is 44.6 Å². The van der Waals surface area contributed by atoms with Gasteiger partial charge in [0.2, 0.25) is 0 Å². The number of anilines is 1. The molecule has 0 saturated carbocycles. The van der Waals surface area contributed by atoms with E-state index in [0.717, 1.165) is 6.20 Å². The number of carbonyl (C=O) groups is 1. The molecule has 1 aliphatic rings. The highest BCUT2D eigenvalue weighted by molar-refractivity contribution is 7.85. The summed E-state index contributed by atoms with van der Waals surface area (Å²) in [4.78, 5) is 26.4. The van der Waals surface area contributed by atoms with E-state index < -0.39 is 21.6 Å². The molecule has 1 saturated heterocycles. The van der Waals surface area contributed by atoms with Crippen molar-refractivity contribution in [3.05, 3.63) is 27.9 Å². The van der Waals surface area contributed by atoms with Crippen LogP contribution in [-0.2, 0) is 10.8 Å². The summed E-state index contributed by atoms with van der Waals surface area (Å²) in [7, 11) is 0.801. The summed E-state index contributed by atoms with van der Waals surface area (Å²) in [5.74, 6) is 0.977. The van der Waals surface area contributed by atoms with E-state index in [-0.39, 0.29) is 17.3 Å². The van der Waals surface area contributed by atoms with Gasteiger partial charge in [0, 0.05) is 41.5 Å². The molecule has 2 N–H and O–H groups in total. The number of hydrogen-bond donors (Lipinski definition) is 2. The lowest BCUT2D eigenvalue weighted by Crippen LogP contribution is -2.39. The van der Waals surface area contributed by atoms with Gasteiger partial charge in [-0.15, -0.1) is 0 Å². The Labute approximate surface area is 123 Å². The van der Waals surface area contributed by atoms with Gasteiger partial charge in [0.25, 0.3) is 11.6 Å². The van der Waals surface area contributed by atoms with Gasteiger partial charge in [-0.2, -0.15) is 0 Å². The van der Waals surface area contributed by atoms with E-state index in [1.807, 2.05) is 0 Å². The first-order chi connectivity index (χ1) is 10.0. The molecule has 2 heterocycles. The van der Waals surface area contributed by atoms with Gasteiger partial charge in [-0.05, 0) is 12.8 Å². The zero-order valence-electron chi connectivity index (χ0n) is 11.5. The van der Waals surface area contributed by atoms with Crippen molar-refractivity contribution in [3.63, 3.8) is 0 Å². The van der Waals surface area contributed by atoms with Crippen molar-refractivity contribution in [3.8, 4) is 0 Å². The van der Waals surface area contributed by atoms with Crippen LogP contribution in [0.25, 0.3) is 0 Å². The number of rotatable bonds is 4. The highest BCUT2D eigenvalue weighted by Gasteiger charge is 2.25. The van der Waals surface area contributed by atoms with Crippen LogP contribution < -0.4 is 10.6 Å². The molecule has 0 atom stereocenters. The molecule has 9 heteroatoms. The van der Waals surface area contributed by atoms with E-state index in [1.54, 1.807) is 7.05 Å². The lowest BCUT2D eigenvalue weighted by Gasteiger charge is -2.22. The minimum Gasteiger partial charge on any atom is -0.373 e. The van der Waals surface area contributed by atoms with Crippen molar-refractivity contribution in [1.82, 2.24) is 10.3 Å². The van der Waals surface area contributed by atoms with Crippen LogP contribution in [0.15, 0.2) is 12.3 Å². The maximum absolute atomic E-state index is 12.2. The number of carbonyl (C=O) groups excluding carboxylic acids is 1. The molecule has 0 aliphatic carbocycles. The minimum absolute atomic E-state index is 0.0222. The van der Waals surface area contributed by atoms with E-state index >= 15 is 0 Å². The third kappa shape index (κ3) is 3.75. The molecule has 2 rings (SSSR count). The average Bonchev–Trinajstić information content (AvgIpc) is 2.48. The van der Waals surface area contributed by atoms with Gasteiger partial charge in [-0.3, -0.25) is 19.1 Å². The third-order valence-electron chi connectivity index (χ3n) is 3.30. The molecule has 114 valence electrons. The van der Waals surface area contributed by atoms with Crippen molar-refractivity contribution in [2.45, 2.75) is 18.9 Å². The van der Waals surface area contributed by atoms with Gasteiger partial charge in [0.15, 0.2) is 0 Å². The van der Waals surface area contributed by atoms with E-state index in [0.29, 0.717) is 30.2 Å². The summed E-state index contributed by atoms with van der Waals surface area (Å²) in [6.07, 6.45) is 2.31. The van der Waals surface area contributed by atoms with Crippen molar-refractivity contribution >= 4 is 28.2 Å². The zero-order chi connectivity index (χ0) is 15.4. The number of aromatic nitrogens is 1. The first kappa shape index (κ1) is 15.4. The summed E-state index contributed by atoms with van der Waals surface area (Å²) in [6, 6.07) is 1.26. The van der Waals surface area contributed by atoms with E-state index in [9.17, 15) is 19.1 Å². The zero-order valence-corrected chi connectivity index (χ0v) is 12.3. The van der Waals surface area contributed by atoms with Crippen LogP contribution in [0.5, 0.6) is 0 Å². The molecule has 0 radical (unpaired) electrons. The summed E-state index contributed by atoms with van der Waals surface area (Å²) in [5, 5.41) is 16.5. The third-order valence-corrected chi connectivity index (χ3v) is 4.69. The minimum atomic E-state index is -0.817. The largest absolute Gasteiger partial charge is 0.373 e. The fourth-order valence-electron chi connectivity index (χ4n) is 2.11. The van der Waals surface area contributed by atoms with E-state index in [2.05, 4.69) is 15.6 Å². The van der Waals surface area contributed by atoms with Crippen LogP contribution in [0.3, 0.4) is 0 Å². The number of nitrogens with zero attached hydrogens (tertiary/aromatic N) is 2. The maximum atomic E-state index is 12.2. The van der Waals surface area contributed by atoms with Crippen molar-refractivity contribution < 1.29 is 13.9 Å². The van der Waals surface area contributed by atoms with Crippen LogP contribution in [0.4, 0.5) is 11.5 Å². The van der Waals surface area contributed by atoms with Gasteiger partial charge >= 0.3 is 0 Å². The highest BCUT2D eigenvalue weighted by atomic mass is 32.2. The van der Waals surface area contributed by atoms with Gasteiger partial charge in [0.05, 0.1) is 4.92 Å². The molecule has 8 nitrogen and oxygen atoms in total. The summed E-state index contributed by atoms with van der Waals surface area (Å²) in [5.41, 5.74) is -0.350. The number of amides is 1. The van der Waals surface area contributed by atoms with Crippen LogP contribution >= 0.6 is 0 Å². The number of nitrogens with one attached hydrogen (secondary N) is 2. The van der Waals surface area contributed by atoms with Crippen LogP contribution in [0.2, 0.25) is 0 Å². The standard InChI is InChI=1S/C12H16N4O4S/c1-13-11-6-9(10(7-14-11)16(18)19)12(17)15-8-2-4-21(20)5-3-8/h6-8H,2-5H2,1H3,(H,13,14)(H,15,17). The van der Waals surface area contributed by atoms with Crippen molar-refractivity contribution in [1.29, 1.82) is 0 Å². The fourth-order valence-corrected chi connectivity index (χ4v) is 3.41.